The van der Waals surface area contributed by atoms with Gasteiger partial charge in [-0.15, -0.1) is 0 Å². The molecule has 2 rings (SSSR count). The normalized spacial score (nSPS) is 30.4. The molecular formula is C13H23N3O3S. The Morgan fingerprint density at radius 1 is 1.40 bits per heavy atom. The maximum atomic E-state index is 11.3. The van der Waals surface area contributed by atoms with Crippen LogP contribution in [0.15, 0.2) is 4.52 Å². The molecule has 114 valence electrons. The lowest BCUT2D eigenvalue weighted by Gasteiger charge is -2.45. The maximum absolute atomic E-state index is 11.3. The summed E-state index contributed by atoms with van der Waals surface area (Å²) in [5, 5.41) is 3.79. The van der Waals surface area contributed by atoms with Crippen molar-refractivity contribution < 1.29 is 12.9 Å². The molecule has 1 fully saturated rings. The van der Waals surface area contributed by atoms with Crippen LogP contribution in [-0.2, 0) is 15.6 Å². The Hall–Kier alpha value is -0.950. The van der Waals surface area contributed by atoms with E-state index in [2.05, 4.69) is 30.9 Å². The van der Waals surface area contributed by atoms with E-state index in [-0.39, 0.29) is 29.0 Å². The standard InChI is InChI=1S/C13H23N3O3S/c1-8-10(14)6-5-9(13(8,2)3)12-15-11(16-19-12)7-20(4,17)18/h8-10H,5-7,14H2,1-4H3. The fraction of sp³-hybridized carbons (Fsp3) is 0.846. The van der Waals surface area contributed by atoms with E-state index in [1.807, 2.05) is 0 Å². The van der Waals surface area contributed by atoms with Gasteiger partial charge in [-0.25, -0.2) is 8.42 Å². The predicted octanol–water partition coefficient (Wildman–Crippen LogP) is 1.48. The number of hydrogen-bond acceptors (Lipinski definition) is 6. The summed E-state index contributed by atoms with van der Waals surface area (Å²) in [6, 6.07) is 0.180. The minimum absolute atomic E-state index is 0.0490. The van der Waals surface area contributed by atoms with Crippen molar-refractivity contribution in [2.45, 2.75) is 51.3 Å². The minimum Gasteiger partial charge on any atom is -0.339 e. The van der Waals surface area contributed by atoms with Crippen LogP contribution in [0.5, 0.6) is 0 Å². The molecule has 1 aliphatic carbocycles. The Labute approximate surface area is 120 Å². The lowest BCUT2D eigenvalue weighted by atomic mass is 9.61. The van der Waals surface area contributed by atoms with Crippen molar-refractivity contribution in [2.24, 2.45) is 17.1 Å². The van der Waals surface area contributed by atoms with E-state index >= 15 is 0 Å². The molecule has 0 amide bonds. The predicted molar refractivity (Wildman–Crippen MR) is 75.7 cm³/mol. The number of rotatable bonds is 3. The highest BCUT2D eigenvalue weighted by molar-refractivity contribution is 7.89. The van der Waals surface area contributed by atoms with Gasteiger partial charge in [0.2, 0.25) is 5.89 Å². The third-order valence-corrected chi connectivity index (χ3v) is 5.46. The summed E-state index contributed by atoms with van der Waals surface area (Å²) < 4.78 is 27.8. The Kier molecular flexibility index (Phi) is 3.94. The summed E-state index contributed by atoms with van der Waals surface area (Å²) >= 11 is 0. The zero-order valence-corrected chi connectivity index (χ0v) is 13.3. The molecule has 1 aliphatic rings. The third-order valence-electron chi connectivity index (χ3n) is 4.68. The fourth-order valence-corrected chi connectivity index (χ4v) is 3.58. The van der Waals surface area contributed by atoms with Crippen LogP contribution in [-0.4, -0.2) is 30.9 Å². The van der Waals surface area contributed by atoms with Crippen LogP contribution in [0.3, 0.4) is 0 Å². The van der Waals surface area contributed by atoms with Crippen molar-refractivity contribution in [2.75, 3.05) is 6.26 Å². The van der Waals surface area contributed by atoms with Gasteiger partial charge in [0.05, 0.1) is 0 Å². The SMILES string of the molecule is CC1C(N)CCC(c2nc(CS(C)(=O)=O)no2)C1(C)C. The van der Waals surface area contributed by atoms with Crippen LogP contribution >= 0.6 is 0 Å². The third kappa shape index (κ3) is 3.03. The van der Waals surface area contributed by atoms with Gasteiger partial charge in [0.25, 0.3) is 0 Å². The summed E-state index contributed by atoms with van der Waals surface area (Å²) in [5.41, 5.74) is 6.09. The molecule has 3 unspecified atom stereocenters. The van der Waals surface area contributed by atoms with E-state index < -0.39 is 9.84 Å². The van der Waals surface area contributed by atoms with E-state index in [4.69, 9.17) is 10.3 Å². The van der Waals surface area contributed by atoms with Crippen molar-refractivity contribution >= 4 is 9.84 Å². The first-order valence-electron chi connectivity index (χ1n) is 6.87. The molecule has 0 bridgehead atoms. The quantitative estimate of drug-likeness (QED) is 0.908. The van der Waals surface area contributed by atoms with Gasteiger partial charge in [0, 0.05) is 18.2 Å². The number of nitrogens with zero attached hydrogens (tertiary/aromatic N) is 2. The topological polar surface area (TPSA) is 99.1 Å². The van der Waals surface area contributed by atoms with Crippen LogP contribution in [0.25, 0.3) is 0 Å². The first-order chi connectivity index (χ1) is 9.11. The molecule has 1 heterocycles. The average molecular weight is 301 g/mol. The fourth-order valence-electron chi connectivity index (χ4n) is 2.99. The first-order valence-corrected chi connectivity index (χ1v) is 8.93. The van der Waals surface area contributed by atoms with Crippen LogP contribution in [0.1, 0.15) is 51.2 Å². The smallest absolute Gasteiger partial charge is 0.230 e. The number of hydrogen-bond donors (Lipinski definition) is 1. The van der Waals surface area contributed by atoms with E-state index in [1.54, 1.807) is 0 Å². The van der Waals surface area contributed by atoms with E-state index in [1.165, 1.54) is 0 Å². The molecule has 1 saturated carbocycles. The molecule has 3 atom stereocenters. The molecule has 0 radical (unpaired) electrons. The van der Waals surface area contributed by atoms with E-state index in [0.29, 0.717) is 11.8 Å². The van der Waals surface area contributed by atoms with Crippen molar-refractivity contribution in [3.8, 4) is 0 Å². The van der Waals surface area contributed by atoms with E-state index in [0.717, 1.165) is 19.1 Å². The molecule has 0 aliphatic heterocycles. The number of aromatic nitrogens is 2. The van der Waals surface area contributed by atoms with Gasteiger partial charge in [-0.1, -0.05) is 25.9 Å². The van der Waals surface area contributed by atoms with Crippen LogP contribution in [0.2, 0.25) is 0 Å². The summed E-state index contributed by atoms with van der Waals surface area (Å²) in [7, 11) is -3.15. The molecule has 7 heteroatoms. The summed E-state index contributed by atoms with van der Waals surface area (Å²) in [4.78, 5) is 4.28. The molecule has 1 aromatic rings. The molecule has 2 N–H and O–H groups in total. The van der Waals surface area contributed by atoms with Gasteiger partial charge >= 0.3 is 0 Å². The van der Waals surface area contributed by atoms with Crippen molar-refractivity contribution in [3.05, 3.63) is 11.7 Å². The average Bonchev–Trinajstić information content (AvgIpc) is 2.71. The lowest BCUT2D eigenvalue weighted by molar-refractivity contribution is 0.0806. The first kappa shape index (κ1) is 15.4. The largest absolute Gasteiger partial charge is 0.339 e. The summed E-state index contributed by atoms with van der Waals surface area (Å²) in [6.07, 6.45) is 2.97. The second-order valence-corrected chi connectivity index (χ2v) is 8.66. The highest BCUT2D eigenvalue weighted by Crippen LogP contribution is 2.49. The summed E-state index contributed by atoms with van der Waals surface area (Å²) in [5.74, 6) is 1.05. The van der Waals surface area contributed by atoms with Gasteiger partial charge < -0.3 is 10.3 Å². The van der Waals surface area contributed by atoms with Crippen molar-refractivity contribution in [1.29, 1.82) is 0 Å². The molecular weight excluding hydrogens is 278 g/mol. The van der Waals surface area contributed by atoms with Crippen molar-refractivity contribution in [1.82, 2.24) is 10.1 Å². The van der Waals surface area contributed by atoms with E-state index in [9.17, 15) is 8.42 Å². The minimum atomic E-state index is -3.15. The van der Waals surface area contributed by atoms with Gasteiger partial charge in [0.1, 0.15) is 5.75 Å². The molecule has 0 aromatic carbocycles. The Morgan fingerprint density at radius 2 is 2.05 bits per heavy atom. The zero-order chi connectivity index (χ0) is 15.1. The highest BCUT2D eigenvalue weighted by Gasteiger charge is 2.44. The zero-order valence-electron chi connectivity index (χ0n) is 12.5. The van der Waals surface area contributed by atoms with Crippen molar-refractivity contribution in [3.63, 3.8) is 0 Å². The molecule has 20 heavy (non-hydrogen) atoms. The second-order valence-electron chi connectivity index (χ2n) is 6.52. The Bertz CT molecular complexity index is 579. The maximum Gasteiger partial charge on any atom is 0.230 e. The molecule has 0 saturated heterocycles. The van der Waals surface area contributed by atoms with Gasteiger partial charge in [-0.05, 0) is 24.2 Å². The Morgan fingerprint density at radius 3 is 2.65 bits per heavy atom. The monoisotopic (exact) mass is 301 g/mol. The van der Waals surface area contributed by atoms with Gasteiger partial charge in [-0.2, -0.15) is 4.98 Å². The van der Waals surface area contributed by atoms with Gasteiger partial charge in [-0.3, -0.25) is 0 Å². The lowest BCUT2D eigenvalue weighted by Crippen LogP contribution is -2.45. The molecule has 6 nitrogen and oxygen atoms in total. The molecule has 0 spiro atoms. The van der Waals surface area contributed by atoms with Crippen LogP contribution in [0, 0.1) is 11.3 Å². The Balaban J connectivity index is 2.24. The summed E-state index contributed by atoms with van der Waals surface area (Å²) in [6.45, 7) is 6.45. The number of nitrogens with two attached hydrogens (primary N) is 1. The van der Waals surface area contributed by atoms with Crippen LogP contribution < -0.4 is 5.73 Å². The molecule has 1 aromatic heterocycles. The number of sulfone groups is 1. The highest BCUT2D eigenvalue weighted by atomic mass is 32.2. The second kappa shape index (κ2) is 5.11. The van der Waals surface area contributed by atoms with Crippen LogP contribution in [0.4, 0.5) is 0 Å². The van der Waals surface area contributed by atoms with Gasteiger partial charge in [0.15, 0.2) is 15.7 Å².